The number of ether oxygens (including phenoxy) is 1. The van der Waals surface area contributed by atoms with E-state index in [0.717, 1.165) is 27.9 Å². The predicted octanol–water partition coefficient (Wildman–Crippen LogP) is 6.86. The number of carbonyl (C=O) groups is 2. The van der Waals surface area contributed by atoms with Gasteiger partial charge in [0.05, 0.1) is 17.1 Å². The van der Waals surface area contributed by atoms with Crippen LogP contribution in [-0.4, -0.2) is 50.5 Å². The van der Waals surface area contributed by atoms with Gasteiger partial charge in [-0.15, -0.1) is 18.3 Å². The summed E-state index contributed by atoms with van der Waals surface area (Å²) in [5, 5.41) is 7.70. The molecule has 3 amide bonds. The number of aromatic nitrogens is 3. The van der Waals surface area contributed by atoms with E-state index < -0.39 is 12.4 Å². The third-order valence-corrected chi connectivity index (χ3v) is 7.99. The zero-order chi connectivity index (χ0) is 32.4. The van der Waals surface area contributed by atoms with Crippen molar-refractivity contribution in [1.82, 2.24) is 20.1 Å². The second-order valence-electron chi connectivity index (χ2n) is 11.4. The first-order chi connectivity index (χ1) is 21.3. The van der Waals surface area contributed by atoms with Gasteiger partial charge in [-0.05, 0) is 66.6 Å². The van der Waals surface area contributed by atoms with Crippen LogP contribution in [0.5, 0.6) is 5.75 Å². The van der Waals surface area contributed by atoms with Crippen LogP contribution in [0, 0.1) is 19.3 Å². The summed E-state index contributed by atoms with van der Waals surface area (Å²) in [6.07, 6.45) is -2.60. The van der Waals surface area contributed by atoms with Crippen LogP contribution >= 0.6 is 11.8 Å². The number of urea groups is 1. The van der Waals surface area contributed by atoms with Gasteiger partial charge in [0.15, 0.2) is 11.0 Å². The highest BCUT2D eigenvalue weighted by Crippen LogP contribution is 2.32. The lowest BCUT2D eigenvalue weighted by Gasteiger charge is -2.25. The van der Waals surface area contributed by atoms with E-state index in [9.17, 15) is 22.8 Å². The van der Waals surface area contributed by atoms with Gasteiger partial charge in [0.25, 0.3) is 0 Å². The second-order valence-corrected chi connectivity index (χ2v) is 12.3. The fourth-order valence-electron chi connectivity index (χ4n) is 4.97. The van der Waals surface area contributed by atoms with Gasteiger partial charge in [-0.3, -0.25) is 9.69 Å². The molecule has 1 aromatic heterocycles. The molecule has 0 spiro atoms. The van der Waals surface area contributed by atoms with Crippen molar-refractivity contribution in [1.29, 1.82) is 0 Å². The summed E-state index contributed by atoms with van der Waals surface area (Å²) in [7, 11) is 0. The Balaban J connectivity index is 1.18. The van der Waals surface area contributed by atoms with Crippen LogP contribution in [0.4, 0.5) is 23.7 Å². The fraction of sp³-hybridized carbons (Fsp3) is 0.281. The predicted molar refractivity (Wildman–Crippen MR) is 168 cm³/mol. The minimum Gasteiger partial charge on any atom is -0.406 e. The van der Waals surface area contributed by atoms with Crippen LogP contribution in [0.3, 0.4) is 0 Å². The molecule has 5 rings (SSSR count). The molecule has 45 heavy (non-hydrogen) atoms. The van der Waals surface area contributed by atoms with Crippen LogP contribution in [0.2, 0.25) is 0 Å². The number of alkyl halides is 3. The molecule has 1 aliphatic rings. The minimum atomic E-state index is -4.76. The van der Waals surface area contributed by atoms with Crippen LogP contribution in [0.15, 0.2) is 78.0 Å². The number of hydrogen-bond donors (Lipinski definition) is 1. The highest BCUT2D eigenvalue weighted by Gasteiger charge is 2.33. The number of anilines is 1. The molecule has 4 aromatic rings. The number of amidine groups is 1. The van der Waals surface area contributed by atoms with Crippen molar-refractivity contribution < 1.29 is 27.5 Å². The van der Waals surface area contributed by atoms with Gasteiger partial charge < -0.3 is 10.1 Å². The van der Waals surface area contributed by atoms with E-state index in [0.29, 0.717) is 29.6 Å². The third kappa shape index (κ3) is 7.90. The van der Waals surface area contributed by atoms with Crippen molar-refractivity contribution in [3.8, 4) is 22.8 Å². The van der Waals surface area contributed by atoms with Crippen molar-refractivity contribution in [3.63, 3.8) is 0 Å². The Hall–Kier alpha value is -4.65. The first-order valence-corrected chi connectivity index (χ1v) is 15.0. The van der Waals surface area contributed by atoms with Gasteiger partial charge in [0.2, 0.25) is 5.91 Å². The van der Waals surface area contributed by atoms with Gasteiger partial charge in [-0.2, -0.15) is 4.99 Å². The number of nitrogens with zero attached hydrogens (tertiary/aromatic N) is 5. The number of thioether (sulfide) groups is 1. The third-order valence-electron chi connectivity index (χ3n) is 7.07. The first kappa shape index (κ1) is 31.8. The summed E-state index contributed by atoms with van der Waals surface area (Å²) in [6, 6.07) is 18.4. The van der Waals surface area contributed by atoms with Crippen molar-refractivity contribution in [2.45, 2.75) is 40.5 Å². The largest absolute Gasteiger partial charge is 0.573 e. The Labute approximate surface area is 262 Å². The van der Waals surface area contributed by atoms with Crippen molar-refractivity contribution in [3.05, 3.63) is 89.7 Å². The van der Waals surface area contributed by atoms with E-state index in [1.54, 1.807) is 0 Å². The lowest BCUT2D eigenvalue weighted by Crippen LogP contribution is -2.36. The molecule has 1 fully saturated rings. The van der Waals surface area contributed by atoms with Gasteiger partial charge in [0, 0.05) is 12.1 Å². The monoisotopic (exact) mass is 636 g/mol. The summed E-state index contributed by atoms with van der Waals surface area (Å²) in [4.78, 5) is 35.6. The van der Waals surface area contributed by atoms with E-state index in [4.69, 9.17) is 0 Å². The van der Waals surface area contributed by atoms with E-state index >= 15 is 0 Å². The number of aryl methyl sites for hydroxylation is 2. The maximum Gasteiger partial charge on any atom is 0.573 e. The molecular weight excluding hydrogens is 605 g/mol. The molecule has 9 nitrogen and oxygen atoms in total. The molecule has 13 heteroatoms. The number of hydrogen-bond acceptors (Lipinski definition) is 6. The second kappa shape index (κ2) is 12.8. The smallest absolute Gasteiger partial charge is 0.406 e. The number of halogens is 3. The molecule has 0 saturated carbocycles. The normalized spacial score (nSPS) is 14.7. The lowest BCUT2D eigenvalue weighted by molar-refractivity contribution is -0.274. The maximum absolute atomic E-state index is 12.8. The molecule has 0 aliphatic carbocycles. The number of aliphatic imine (C=N–C) groups is 1. The zero-order valence-electron chi connectivity index (χ0n) is 25.1. The standard InChI is InChI=1S/C32H31F3N6O3S/c1-20-6-5-7-21(2)27(20)41-26(42)17-45-30(41)38-29(43)36-18-31(3,4)16-22-8-10-23(11-9-22)28-37-19-40(39-28)24-12-14-25(15-13-24)44-32(33,34)35/h5-15,19H,16-18H2,1-4H3,(H,36,43)/b38-30-. The molecule has 0 unspecified atom stereocenters. The minimum absolute atomic E-state index is 0.108. The fourth-order valence-corrected chi connectivity index (χ4v) is 5.82. The molecular formula is C32H31F3N6O3S. The topological polar surface area (TPSA) is 102 Å². The summed E-state index contributed by atoms with van der Waals surface area (Å²) in [6.45, 7) is 8.30. The summed E-state index contributed by atoms with van der Waals surface area (Å²) in [5.41, 5.74) is 4.68. The number of nitrogens with one attached hydrogen (secondary N) is 1. The van der Waals surface area contributed by atoms with Crippen molar-refractivity contribution in [2.24, 2.45) is 10.4 Å². The lowest BCUT2D eigenvalue weighted by atomic mass is 9.85. The maximum atomic E-state index is 12.8. The first-order valence-electron chi connectivity index (χ1n) is 14.0. The summed E-state index contributed by atoms with van der Waals surface area (Å²) < 4.78 is 42.7. The number of amides is 3. The SMILES string of the molecule is Cc1cccc(C)c1N1C(=O)CS/C1=N\C(=O)NCC(C)(C)Cc1ccc(-c2ncn(-c3ccc(OC(F)(F)F)cc3)n2)cc1. The Kier molecular flexibility index (Phi) is 9.01. The number of benzene rings is 3. The Morgan fingerprint density at radius 2 is 1.69 bits per heavy atom. The van der Waals surface area contributed by atoms with Gasteiger partial charge in [-0.1, -0.05) is 68.1 Å². The highest BCUT2D eigenvalue weighted by molar-refractivity contribution is 8.15. The Morgan fingerprint density at radius 3 is 2.33 bits per heavy atom. The van der Waals surface area contributed by atoms with Crippen molar-refractivity contribution in [2.75, 3.05) is 17.2 Å². The molecule has 0 atom stereocenters. The van der Waals surface area contributed by atoms with E-state index in [2.05, 4.69) is 25.1 Å². The van der Waals surface area contributed by atoms with Gasteiger partial charge in [0.1, 0.15) is 12.1 Å². The molecule has 1 aliphatic heterocycles. The summed E-state index contributed by atoms with van der Waals surface area (Å²) in [5.74, 6) is 0.261. The van der Waals surface area contributed by atoms with Crippen LogP contribution in [0.1, 0.15) is 30.5 Å². The Bertz CT molecular complexity index is 1710. The molecule has 1 saturated heterocycles. The Morgan fingerprint density at radius 1 is 1.02 bits per heavy atom. The van der Waals surface area contributed by atoms with Gasteiger partial charge in [-0.25, -0.2) is 14.5 Å². The number of para-hydroxylation sites is 1. The average molecular weight is 637 g/mol. The molecule has 1 N–H and O–H groups in total. The highest BCUT2D eigenvalue weighted by atomic mass is 32.2. The van der Waals surface area contributed by atoms with E-state index in [1.807, 2.05) is 70.2 Å². The quantitative estimate of drug-likeness (QED) is 0.227. The average Bonchev–Trinajstić information content (AvgIpc) is 3.60. The summed E-state index contributed by atoms with van der Waals surface area (Å²) >= 11 is 1.25. The van der Waals surface area contributed by atoms with Crippen molar-refractivity contribution >= 4 is 34.6 Å². The number of rotatable bonds is 8. The van der Waals surface area contributed by atoms with Crippen LogP contribution in [0.25, 0.3) is 17.1 Å². The van der Waals surface area contributed by atoms with Crippen LogP contribution < -0.4 is 15.0 Å². The molecule has 3 aromatic carbocycles. The van der Waals surface area contributed by atoms with Crippen LogP contribution in [-0.2, 0) is 11.2 Å². The van der Waals surface area contributed by atoms with E-state index in [1.165, 1.54) is 51.9 Å². The number of carbonyl (C=O) groups excluding carboxylic acids is 2. The van der Waals surface area contributed by atoms with Gasteiger partial charge >= 0.3 is 12.4 Å². The molecule has 0 radical (unpaired) electrons. The molecule has 234 valence electrons. The molecule has 0 bridgehead atoms. The zero-order valence-corrected chi connectivity index (χ0v) is 25.9. The van der Waals surface area contributed by atoms with E-state index in [-0.39, 0.29) is 22.8 Å². The molecule has 2 heterocycles.